The molecule has 1 aliphatic rings. The van der Waals surface area contributed by atoms with Gasteiger partial charge in [-0.15, -0.1) is 0 Å². The van der Waals surface area contributed by atoms with Crippen LogP contribution in [-0.2, 0) is 13.1 Å². The smallest absolute Gasteiger partial charge is 0.0534 e. The van der Waals surface area contributed by atoms with Gasteiger partial charge in [-0.25, -0.2) is 0 Å². The Balaban J connectivity index is 1.73. The predicted octanol–water partition coefficient (Wildman–Crippen LogP) is 2.35. The van der Waals surface area contributed by atoms with E-state index >= 15 is 0 Å². The number of aromatic nitrogens is 4. The highest BCUT2D eigenvalue weighted by atomic mass is 15.3. The van der Waals surface area contributed by atoms with Gasteiger partial charge in [-0.1, -0.05) is 6.42 Å². The van der Waals surface area contributed by atoms with Crippen LogP contribution in [0.2, 0.25) is 0 Å². The lowest BCUT2D eigenvalue weighted by Gasteiger charge is -2.34. The topological polar surface area (TPSA) is 49.7 Å². The second-order valence-corrected chi connectivity index (χ2v) is 5.20. The third-order valence-electron chi connectivity index (χ3n) is 3.89. The second-order valence-electron chi connectivity index (χ2n) is 5.20. The zero-order chi connectivity index (χ0) is 13.1. The van der Waals surface area contributed by atoms with Crippen molar-refractivity contribution in [3.8, 4) is 0 Å². The minimum absolute atomic E-state index is 0.473. The molecule has 1 atom stereocenters. The Bertz CT molecular complexity index is 502. The van der Waals surface area contributed by atoms with E-state index in [-0.39, 0.29) is 0 Å². The fraction of sp³-hybridized carbons (Fsp3) is 0.571. The third-order valence-corrected chi connectivity index (χ3v) is 3.89. The molecule has 0 spiro atoms. The quantitative estimate of drug-likeness (QED) is 0.917. The van der Waals surface area contributed by atoms with Gasteiger partial charge in [-0.05, 0) is 32.4 Å². The number of nitrogens with one attached hydrogen (secondary N) is 1. The lowest BCUT2D eigenvalue weighted by atomic mass is 9.99. The largest absolute Gasteiger partial charge is 0.290 e. The molecule has 1 fully saturated rings. The average molecular weight is 259 g/mol. The van der Waals surface area contributed by atoms with Gasteiger partial charge in [0.1, 0.15) is 0 Å². The average Bonchev–Trinajstić information content (AvgIpc) is 3.10. The minimum atomic E-state index is 0.473. The van der Waals surface area contributed by atoms with Crippen molar-refractivity contribution in [3.05, 3.63) is 35.9 Å². The zero-order valence-corrected chi connectivity index (χ0v) is 11.4. The molecule has 0 radical (unpaired) electrons. The number of nitrogens with zero attached hydrogens (tertiary/aromatic N) is 4. The molecule has 2 aromatic rings. The first kappa shape index (κ1) is 12.4. The van der Waals surface area contributed by atoms with Crippen LogP contribution in [0.5, 0.6) is 0 Å². The van der Waals surface area contributed by atoms with Crippen LogP contribution >= 0.6 is 0 Å². The van der Waals surface area contributed by atoms with E-state index in [1.54, 1.807) is 0 Å². The van der Waals surface area contributed by atoms with Gasteiger partial charge in [0, 0.05) is 31.0 Å². The van der Waals surface area contributed by atoms with E-state index in [2.05, 4.69) is 39.4 Å². The van der Waals surface area contributed by atoms with E-state index in [4.69, 9.17) is 0 Å². The Hall–Kier alpha value is -1.62. The summed E-state index contributed by atoms with van der Waals surface area (Å²) in [5.74, 6) is 0. The molecule has 0 saturated carbocycles. The monoisotopic (exact) mass is 259 g/mol. The molecular formula is C14H21N5. The number of rotatable bonds is 4. The van der Waals surface area contributed by atoms with Gasteiger partial charge in [0.25, 0.3) is 0 Å². The molecule has 0 aromatic carbocycles. The van der Waals surface area contributed by atoms with E-state index in [0.29, 0.717) is 6.04 Å². The van der Waals surface area contributed by atoms with Gasteiger partial charge >= 0.3 is 0 Å². The van der Waals surface area contributed by atoms with Crippen molar-refractivity contribution in [2.45, 2.75) is 45.3 Å². The lowest BCUT2D eigenvalue weighted by molar-refractivity contribution is 0.137. The van der Waals surface area contributed by atoms with Crippen LogP contribution in [0.1, 0.15) is 43.5 Å². The van der Waals surface area contributed by atoms with Crippen molar-refractivity contribution in [1.82, 2.24) is 24.9 Å². The molecule has 0 amide bonds. The molecule has 102 valence electrons. The number of piperidine rings is 1. The fourth-order valence-electron chi connectivity index (χ4n) is 2.88. The number of aromatic amines is 1. The van der Waals surface area contributed by atoms with Crippen LogP contribution in [0.25, 0.3) is 0 Å². The van der Waals surface area contributed by atoms with Crippen molar-refractivity contribution < 1.29 is 0 Å². The molecule has 0 bridgehead atoms. The van der Waals surface area contributed by atoms with Gasteiger partial charge in [-0.2, -0.15) is 10.2 Å². The first-order chi connectivity index (χ1) is 9.36. The van der Waals surface area contributed by atoms with Crippen LogP contribution in [0.4, 0.5) is 0 Å². The molecule has 3 rings (SSSR count). The van der Waals surface area contributed by atoms with E-state index in [9.17, 15) is 0 Å². The van der Waals surface area contributed by atoms with E-state index < -0.39 is 0 Å². The summed E-state index contributed by atoms with van der Waals surface area (Å²) in [4.78, 5) is 2.54. The van der Waals surface area contributed by atoms with Gasteiger partial charge in [0.05, 0.1) is 17.9 Å². The molecule has 19 heavy (non-hydrogen) atoms. The Morgan fingerprint density at radius 2 is 2.37 bits per heavy atom. The van der Waals surface area contributed by atoms with E-state index in [0.717, 1.165) is 19.6 Å². The van der Waals surface area contributed by atoms with Gasteiger partial charge < -0.3 is 0 Å². The summed E-state index contributed by atoms with van der Waals surface area (Å²) in [6.45, 7) is 5.18. The van der Waals surface area contributed by atoms with Gasteiger partial charge in [0.2, 0.25) is 0 Å². The molecule has 1 saturated heterocycles. The molecule has 3 heterocycles. The van der Waals surface area contributed by atoms with Gasteiger partial charge in [0.15, 0.2) is 0 Å². The lowest BCUT2D eigenvalue weighted by Crippen LogP contribution is -2.33. The number of aryl methyl sites for hydroxylation is 1. The van der Waals surface area contributed by atoms with Crippen molar-refractivity contribution in [3.63, 3.8) is 0 Å². The van der Waals surface area contributed by atoms with Crippen molar-refractivity contribution in [2.75, 3.05) is 6.54 Å². The van der Waals surface area contributed by atoms with Crippen LogP contribution < -0.4 is 0 Å². The minimum Gasteiger partial charge on any atom is -0.290 e. The second kappa shape index (κ2) is 5.57. The molecule has 2 aromatic heterocycles. The van der Waals surface area contributed by atoms with Crippen LogP contribution in [0.3, 0.4) is 0 Å². The van der Waals surface area contributed by atoms with Crippen LogP contribution in [0.15, 0.2) is 24.7 Å². The predicted molar refractivity (Wildman–Crippen MR) is 73.5 cm³/mol. The fourth-order valence-corrected chi connectivity index (χ4v) is 2.88. The van der Waals surface area contributed by atoms with E-state index in [1.807, 2.05) is 17.1 Å². The number of hydrogen-bond donors (Lipinski definition) is 1. The van der Waals surface area contributed by atoms with Gasteiger partial charge in [-0.3, -0.25) is 14.7 Å². The standard InChI is InChI=1S/C14H21N5/c1-2-19-11-12(9-16-19)10-18-8-4-3-5-14(18)13-6-7-15-17-13/h6-7,9,11,14H,2-5,8,10H2,1H3,(H,15,17)/t14-/m1/s1. The van der Waals surface area contributed by atoms with E-state index in [1.165, 1.54) is 30.5 Å². The number of hydrogen-bond acceptors (Lipinski definition) is 3. The summed E-state index contributed by atoms with van der Waals surface area (Å²) < 4.78 is 1.99. The normalized spacial score (nSPS) is 20.8. The molecule has 1 aliphatic heterocycles. The Morgan fingerprint density at radius 1 is 1.42 bits per heavy atom. The number of H-pyrrole nitrogens is 1. The molecule has 5 nitrogen and oxygen atoms in total. The summed E-state index contributed by atoms with van der Waals surface area (Å²) in [5.41, 5.74) is 2.54. The van der Waals surface area contributed by atoms with Crippen LogP contribution in [0, 0.1) is 0 Å². The summed E-state index contributed by atoms with van der Waals surface area (Å²) in [6.07, 6.45) is 9.78. The Labute approximate surface area is 113 Å². The molecule has 0 unspecified atom stereocenters. The zero-order valence-electron chi connectivity index (χ0n) is 11.4. The summed E-state index contributed by atoms with van der Waals surface area (Å²) in [5, 5.41) is 11.6. The highest BCUT2D eigenvalue weighted by Gasteiger charge is 2.25. The Kier molecular flexibility index (Phi) is 3.64. The molecule has 1 N–H and O–H groups in total. The number of likely N-dealkylation sites (tertiary alicyclic amines) is 1. The molecular weight excluding hydrogens is 238 g/mol. The van der Waals surface area contributed by atoms with Crippen molar-refractivity contribution >= 4 is 0 Å². The maximum Gasteiger partial charge on any atom is 0.0534 e. The SMILES string of the molecule is CCn1cc(CN2CCCC[C@@H]2c2ccn[nH]2)cn1. The molecule has 5 heteroatoms. The first-order valence-electron chi connectivity index (χ1n) is 7.11. The third kappa shape index (κ3) is 2.71. The summed E-state index contributed by atoms with van der Waals surface area (Å²) >= 11 is 0. The summed E-state index contributed by atoms with van der Waals surface area (Å²) in [7, 11) is 0. The van der Waals surface area contributed by atoms with Crippen molar-refractivity contribution in [1.29, 1.82) is 0 Å². The van der Waals surface area contributed by atoms with Crippen LogP contribution in [-0.4, -0.2) is 31.4 Å². The highest BCUT2D eigenvalue weighted by molar-refractivity contribution is 5.09. The highest BCUT2D eigenvalue weighted by Crippen LogP contribution is 2.30. The maximum absolute atomic E-state index is 4.36. The summed E-state index contributed by atoms with van der Waals surface area (Å²) in [6, 6.07) is 2.57. The maximum atomic E-state index is 4.36. The first-order valence-corrected chi connectivity index (χ1v) is 7.11. The van der Waals surface area contributed by atoms with Crippen molar-refractivity contribution in [2.24, 2.45) is 0 Å². The Morgan fingerprint density at radius 3 is 3.11 bits per heavy atom. The molecule has 0 aliphatic carbocycles.